The number of hydrogen-bond acceptors (Lipinski definition) is 3. The minimum absolute atomic E-state index is 0.122. The van der Waals surface area contributed by atoms with Gasteiger partial charge in [-0.3, -0.25) is 4.79 Å². The second kappa shape index (κ2) is 5.36. The second-order valence-corrected chi connectivity index (χ2v) is 5.43. The standard InChI is InChI=1S/C12H17F3N2O4/c1-21-8-2-4-16(6-8)10(20)17-5-3-11(7-17,9(18)19)12(13,14)15/h8H,2-7H2,1H3,(H,18,19). The lowest BCUT2D eigenvalue weighted by molar-refractivity contribution is -0.227. The zero-order valence-electron chi connectivity index (χ0n) is 11.5. The minimum atomic E-state index is -4.88. The van der Waals surface area contributed by atoms with Gasteiger partial charge in [-0.2, -0.15) is 13.2 Å². The van der Waals surface area contributed by atoms with E-state index in [0.29, 0.717) is 19.5 Å². The molecule has 1 N–H and O–H groups in total. The van der Waals surface area contributed by atoms with Crippen LogP contribution in [0.1, 0.15) is 12.8 Å². The van der Waals surface area contributed by atoms with Crippen molar-refractivity contribution in [2.45, 2.75) is 25.1 Å². The van der Waals surface area contributed by atoms with Crippen LogP contribution in [0.2, 0.25) is 0 Å². The Labute approximate surface area is 119 Å². The number of carboxylic acids is 1. The number of halogens is 3. The Morgan fingerprint density at radius 3 is 2.38 bits per heavy atom. The van der Waals surface area contributed by atoms with E-state index in [-0.39, 0.29) is 12.6 Å². The van der Waals surface area contributed by atoms with Gasteiger partial charge < -0.3 is 19.6 Å². The first-order valence-electron chi connectivity index (χ1n) is 6.58. The van der Waals surface area contributed by atoms with Crippen molar-refractivity contribution in [1.29, 1.82) is 0 Å². The summed E-state index contributed by atoms with van der Waals surface area (Å²) in [4.78, 5) is 25.6. The number of urea groups is 1. The smallest absolute Gasteiger partial charge is 0.406 e. The van der Waals surface area contributed by atoms with Crippen molar-refractivity contribution in [2.24, 2.45) is 5.41 Å². The van der Waals surface area contributed by atoms with Crippen LogP contribution in [0.15, 0.2) is 0 Å². The molecule has 0 aromatic rings. The number of carbonyl (C=O) groups excluding carboxylic acids is 1. The number of likely N-dealkylation sites (tertiary alicyclic amines) is 2. The van der Waals surface area contributed by atoms with E-state index in [1.165, 1.54) is 12.0 Å². The Bertz CT molecular complexity index is 443. The molecule has 0 radical (unpaired) electrons. The van der Waals surface area contributed by atoms with Gasteiger partial charge in [-0.15, -0.1) is 0 Å². The van der Waals surface area contributed by atoms with Gasteiger partial charge >= 0.3 is 18.2 Å². The number of rotatable bonds is 2. The van der Waals surface area contributed by atoms with E-state index in [1.54, 1.807) is 0 Å². The lowest BCUT2D eigenvalue weighted by Gasteiger charge is -2.28. The molecule has 2 amide bonds. The highest BCUT2D eigenvalue weighted by molar-refractivity contribution is 5.80. The van der Waals surface area contributed by atoms with Crippen LogP contribution in [0, 0.1) is 5.41 Å². The number of carbonyl (C=O) groups is 2. The van der Waals surface area contributed by atoms with Gasteiger partial charge in [-0.1, -0.05) is 0 Å². The third kappa shape index (κ3) is 2.66. The van der Waals surface area contributed by atoms with Crippen LogP contribution in [0.4, 0.5) is 18.0 Å². The molecule has 0 aliphatic carbocycles. The maximum absolute atomic E-state index is 13.0. The molecule has 2 saturated heterocycles. The Hall–Kier alpha value is -1.51. The van der Waals surface area contributed by atoms with Crippen LogP contribution in [-0.4, -0.2) is 72.5 Å². The highest BCUT2D eigenvalue weighted by Gasteiger charge is 2.64. The maximum atomic E-state index is 13.0. The summed E-state index contributed by atoms with van der Waals surface area (Å²) in [5.74, 6) is -1.93. The molecule has 2 heterocycles. The lowest BCUT2D eigenvalue weighted by atomic mass is 9.86. The summed E-state index contributed by atoms with van der Waals surface area (Å²) in [6.45, 7) is -0.324. The van der Waals surface area contributed by atoms with Crippen LogP contribution >= 0.6 is 0 Å². The van der Waals surface area contributed by atoms with Crippen LogP contribution in [0.3, 0.4) is 0 Å². The number of carboxylic acid groups (broad SMARTS) is 1. The molecule has 120 valence electrons. The summed E-state index contributed by atoms with van der Waals surface area (Å²) in [6, 6.07) is -0.554. The molecule has 2 rings (SSSR count). The Morgan fingerprint density at radius 1 is 1.29 bits per heavy atom. The summed E-state index contributed by atoms with van der Waals surface area (Å²) < 4.78 is 44.2. The van der Waals surface area contributed by atoms with Crippen molar-refractivity contribution in [3.63, 3.8) is 0 Å². The predicted molar refractivity (Wildman–Crippen MR) is 64.7 cm³/mol. The largest absolute Gasteiger partial charge is 0.481 e. The van der Waals surface area contributed by atoms with Crippen molar-refractivity contribution in [2.75, 3.05) is 33.3 Å². The Balaban J connectivity index is 2.08. The molecule has 2 unspecified atom stereocenters. The number of amides is 2. The second-order valence-electron chi connectivity index (χ2n) is 5.43. The van der Waals surface area contributed by atoms with E-state index >= 15 is 0 Å². The van der Waals surface area contributed by atoms with Crippen LogP contribution < -0.4 is 0 Å². The van der Waals surface area contributed by atoms with Gasteiger partial charge in [0.25, 0.3) is 0 Å². The molecule has 0 aromatic heterocycles. The van der Waals surface area contributed by atoms with E-state index in [4.69, 9.17) is 9.84 Å². The average molecular weight is 310 g/mol. The maximum Gasteiger partial charge on any atom is 0.406 e. The zero-order chi connectivity index (χ0) is 15.8. The van der Waals surface area contributed by atoms with Crippen molar-refractivity contribution < 1.29 is 32.6 Å². The molecule has 21 heavy (non-hydrogen) atoms. The summed E-state index contributed by atoms with van der Waals surface area (Å²) >= 11 is 0. The molecule has 0 spiro atoms. The molecule has 2 fully saturated rings. The van der Waals surface area contributed by atoms with Gasteiger partial charge in [-0.25, -0.2) is 4.79 Å². The topological polar surface area (TPSA) is 70.1 Å². The summed E-state index contributed by atoms with van der Waals surface area (Å²) in [7, 11) is 1.51. The summed E-state index contributed by atoms with van der Waals surface area (Å²) in [6.07, 6.45) is -4.99. The normalized spacial score (nSPS) is 30.0. The first-order valence-corrected chi connectivity index (χ1v) is 6.58. The average Bonchev–Trinajstić information content (AvgIpc) is 3.04. The fourth-order valence-corrected chi connectivity index (χ4v) is 2.79. The Kier molecular flexibility index (Phi) is 4.05. The quantitative estimate of drug-likeness (QED) is 0.831. The number of methoxy groups -OCH3 is 1. The van der Waals surface area contributed by atoms with E-state index in [0.717, 1.165) is 4.90 Å². The van der Waals surface area contributed by atoms with Crippen molar-refractivity contribution >= 4 is 12.0 Å². The van der Waals surface area contributed by atoms with Gasteiger partial charge in [0.15, 0.2) is 5.41 Å². The van der Waals surface area contributed by atoms with E-state index in [2.05, 4.69) is 0 Å². The molecule has 2 aliphatic rings. The van der Waals surface area contributed by atoms with E-state index < -0.39 is 36.6 Å². The fourth-order valence-electron chi connectivity index (χ4n) is 2.79. The third-order valence-corrected chi connectivity index (χ3v) is 4.24. The van der Waals surface area contributed by atoms with Crippen molar-refractivity contribution in [3.8, 4) is 0 Å². The number of nitrogens with zero attached hydrogens (tertiary/aromatic N) is 2. The van der Waals surface area contributed by atoms with Gasteiger partial charge in [0.2, 0.25) is 0 Å². The zero-order valence-corrected chi connectivity index (χ0v) is 11.5. The van der Waals surface area contributed by atoms with E-state index in [1.807, 2.05) is 0 Å². The predicted octanol–water partition coefficient (Wildman–Crippen LogP) is 1.17. The number of alkyl halides is 3. The van der Waals surface area contributed by atoms with Gasteiger partial charge in [0.05, 0.1) is 6.10 Å². The SMILES string of the molecule is COC1CCN(C(=O)N2CCC(C(=O)O)(C(F)(F)F)C2)C1. The molecular weight excluding hydrogens is 293 g/mol. The monoisotopic (exact) mass is 310 g/mol. The van der Waals surface area contributed by atoms with Crippen LogP contribution in [0.5, 0.6) is 0 Å². The number of ether oxygens (including phenoxy) is 1. The molecule has 0 bridgehead atoms. The molecule has 6 nitrogen and oxygen atoms in total. The van der Waals surface area contributed by atoms with Crippen molar-refractivity contribution in [1.82, 2.24) is 9.80 Å². The van der Waals surface area contributed by atoms with Crippen LogP contribution in [0.25, 0.3) is 0 Å². The highest BCUT2D eigenvalue weighted by Crippen LogP contribution is 2.46. The highest BCUT2D eigenvalue weighted by atomic mass is 19.4. The molecule has 9 heteroatoms. The number of aliphatic carboxylic acids is 1. The Morgan fingerprint density at radius 2 is 1.95 bits per heavy atom. The number of hydrogen-bond donors (Lipinski definition) is 1. The van der Waals surface area contributed by atoms with Gasteiger partial charge in [0, 0.05) is 33.3 Å². The first-order chi connectivity index (χ1) is 9.71. The van der Waals surface area contributed by atoms with E-state index in [9.17, 15) is 22.8 Å². The van der Waals surface area contributed by atoms with Crippen LogP contribution in [-0.2, 0) is 9.53 Å². The van der Waals surface area contributed by atoms with Crippen molar-refractivity contribution in [3.05, 3.63) is 0 Å². The first kappa shape index (κ1) is 15.9. The minimum Gasteiger partial charge on any atom is -0.481 e. The van der Waals surface area contributed by atoms with Gasteiger partial charge in [-0.05, 0) is 12.8 Å². The molecule has 0 saturated carbocycles. The third-order valence-electron chi connectivity index (χ3n) is 4.24. The van der Waals surface area contributed by atoms with Gasteiger partial charge in [0.1, 0.15) is 0 Å². The molecule has 2 aliphatic heterocycles. The molecule has 2 atom stereocenters. The molecule has 0 aromatic carbocycles. The molecular formula is C12H17F3N2O4. The summed E-state index contributed by atoms with van der Waals surface area (Å²) in [5, 5.41) is 8.95. The fraction of sp³-hybridized carbons (Fsp3) is 0.833. The lowest BCUT2D eigenvalue weighted by Crippen LogP contribution is -2.49. The summed E-state index contributed by atoms with van der Waals surface area (Å²) in [5.41, 5.74) is -2.86.